The lowest BCUT2D eigenvalue weighted by Gasteiger charge is -2.26. The maximum Gasteiger partial charge on any atom is 0.295 e. The Morgan fingerprint density at radius 1 is 1.03 bits per heavy atom. The van der Waals surface area contributed by atoms with Gasteiger partial charge in [-0.15, -0.1) is 11.3 Å². The zero-order chi connectivity index (χ0) is 24.1. The van der Waals surface area contributed by atoms with Gasteiger partial charge < -0.3 is 14.7 Å². The fourth-order valence-corrected chi connectivity index (χ4v) is 4.94. The number of aryl methyl sites for hydroxylation is 1. The summed E-state index contributed by atoms with van der Waals surface area (Å²) in [5, 5.41) is 13.2. The number of ketones is 1. The van der Waals surface area contributed by atoms with E-state index in [2.05, 4.69) is 6.92 Å². The van der Waals surface area contributed by atoms with Crippen molar-refractivity contribution in [1.82, 2.24) is 4.90 Å². The van der Waals surface area contributed by atoms with Crippen LogP contribution in [0.4, 0.5) is 0 Å². The molecule has 176 valence electrons. The van der Waals surface area contributed by atoms with E-state index in [1.807, 2.05) is 48.7 Å². The Morgan fingerprint density at radius 3 is 2.47 bits per heavy atom. The SMILES string of the molecule is CCCCCOc1ccc(/C(O)=C2/C(=O)C(=O)N(Cc3cccs3)C2c2ccccc2C)cc1. The highest BCUT2D eigenvalue weighted by Crippen LogP contribution is 2.41. The van der Waals surface area contributed by atoms with Crippen LogP contribution in [0.3, 0.4) is 0 Å². The second kappa shape index (κ2) is 10.7. The molecule has 1 N–H and O–H groups in total. The molecular weight excluding hydrogens is 446 g/mol. The summed E-state index contributed by atoms with van der Waals surface area (Å²) in [6.07, 6.45) is 3.23. The van der Waals surface area contributed by atoms with Crippen molar-refractivity contribution in [2.45, 2.75) is 45.7 Å². The van der Waals surface area contributed by atoms with E-state index in [-0.39, 0.29) is 11.3 Å². The number of ether oxygens (including phenoxy) is 1. The normalized spacial score (nSPS) is 17.4. The first-order valence-electron chi connectivity index (χ1n) is 11.6. The van der Waals surface area contributed by atoms with Gasteiger partial charge in [-0.05, 0) is 60.2 Å². The Labute approximate surface area is 204 Å². The first kappa shape index (κ1) is 23.8. The van der Waals surface area contributed by atoms with Crippen LogP contribution in [-0.2, 0) is 16.1 Å². The van der Waals surface area contributed by atoms with Crippen molar-refractivity contribution in [1.29, 1.82) is 0 Å². The van der Waals surface area contributed by atoms with Crippen molar-refractivity contribution >= 4 is 28.8 Å². The summed E-state index contributed by atoms with van der Waals surface area (Å²) in [6.45, 7) is 5.04. The number of carbonyl (C=O) groups excluding carboxylic acids is 2. The van der Waals surface area contributed by atoms with Gasteiger partial charge in [0.15, 0.2) is 0 Å². The molecule has 1 aliphatic rings. The number of likely N-dealkylation sites (tertiary alicyclic amines) is 1. The van der Waals surface area contributed by atoms with Gasteiger partial charge in [-0.1, -0.05) is 50.1 Å². The zero-order valence-corrected chi connectivity index (χ0v) is 20.3. The largest absolute Gasteiger partial charge is 0.507 e. The molecule has 0 bridgehead atoms. The van der Waals surface area contributed by atoms with Crippen LogP contribution in [-0.4, -0.2) is 28.3 Å². The summed E-state index contributed by atoms with van der Waals surface area (Å²) in [5.74, 6) is -0.722. The molecule has 0 aliphatic carbocycles. The maximum atomic E-state index is 13.2. The molecule has 3 aromatic rings. The van der Waals surface area contributed by atoms with E-state index in [0.717, 1.165) is 35.3 Å². The molecule has 4 rings (SSSR count). The van der Waals surface area contributed by atoms with E-state index < -0.39 is 17.7 Å². The summed E-state index contributed by atoms with van der Waals surface area (Å²) in [4.78, 5) is 28.8. The molecule has 1 atom stereocenters. The summed E-state index contributed by atoms with van der Waals surface area (Å²) < 4.78 is 5.76. The van der Waals surface area contributed by atoms with Gasteiger partial charge in [-0.2, -0.15) is 0 Å². The van der Waals surface area contributed by atoms with Crippen LogP contribution >= 0.6 is 11.3 Å². The van der Waals surface area contributed by atoms with Gasteiger partial charge in [-0.25, -0.2) is 0 Å². The van der Waals surface area contributed by atoms with E-state index in [9.17, 15) is 14.7 Å². The van der Waals surface area contributed by atoms with Crippen molar-refractivity contribution in [3.63, 3.8) is 0 Å². The number of rotatable bonds is 9. The van der Waals surface area contributed by atoms with Gasteiger partial charge in [0.25, 0.3) is 11.7 Å². The third-order valence-corrected chi connectivity index (χ3v) is 6.93. The Balaban J connectivity index is 1.71. The van der Waals surface area contributed by atoms with Gasteiger partial charge in [0.1, 0.15) is 11.5 Å². The third-order valence-electron chi connectivity index (χ3n) is 6.07. The Morgan fingerprint density at radius 2 is 1.79 bits per heavy atom. The topological polar surface area (TPSA) is 66.8 Å². The average Bonchev–Trinajstić information content (AvgIpc) is 3.45. The van der Waals surface area contributed by atoms with Crippen LogP contribution in [0.5, 0.6) is 5.75 Å². The summed E-state index contributed by atoms with van der Waals surface area (Å²) in [6, 6.07) is 17.9. The average molecular weight is 476 g/mol. The quantitative estimate of drug-likeness (QED) is 0.172. The summed E-state index contributed by atoms with van der Waals surface area (Å²) >= 11 is 1.53. The predicted molar refractivity (Wildman–Crippen MR) is 135 cm³/mol. The Kier molecular flexibility index (Phi) is 7.48. The molecule has 6 heteroatoms. The van der Waals surface area contributed by atoms with Crippen LogP contribution in [0.25, 0.3) is 5.76 Å². The van der Waals surface area contributed by atoms with Crippen LogP contribution in [0, 0.1) is 6.92 Å². The molecule has 1 unspecified atom stereocenters. The number of benzene rings is 2. The molecule has 1 amide bonds. The molecule has 0 spiro atoms. The molecular formula is C28H29NO4S. The molecule has 5 nitrogen and oxygen atoms in total. The molecule has 1 aliphatic heterocycles. The molecule has 1 aromatic heterocycles. The Hall–Kier alpha value is -3.38. The van der Waals surface area contributed by atoms with Crippen molar-refractivity contribution in [2.75, 3.05) is 6.61 Å². The minimum atomic E-state index is -0.665. The number of aliphatic hydroxyl groups excluding tert-OH is 1. The van der Waals surface area contributed by atoms with Crippen LogP contribution in [0.1, 0.15) is 53.8 Å². The molecule has 1 fully saturated rings. The van der Waals surface area contributed by atoms with Crippen molar-refractivity contribution in [3.05, 3.63) is 93.2 Å². The summed E-state index contributed by atoms with van der Waals surface area (Å²) in [7, 11) is 0. The van der Waals surface area contributed by atoms with Gasteiger partial charge in [0.2, 0.25) is 0 Å². The first-order valence-corrected chi connectivity index (χ1v) is 12.5. The maximum absolute atomic E-state index is 13.2. The smallest absolute Gasteiger partial charge is 0.295 e. The number of carbonyl (C=O) groups is 2. The first-order chi connectivity index (χ1) is 16.5. The van der Waals surface area contributed by atoms with E-state index in [0.29, 0.717) is 24.5 Å². The van der Waals surface area contributed by atoms with Crippen molar-refractivity contribution in [3.8, 4) is 5.75 Å². The highest BCUT2D eigenvalue weighted by atomic mass is 32.1. The molecule has 2 aromatic carbocycles. The molecule has 0 radical (unpaired) electrons. The van der Waals surface area contributed by atoms with Gasteiger partial charge in [0.05, 0.1) is 24.8 Å². The predicted octanol–water partition coefficient (Wildman–Crippen LogP) is 6.25. The highest BCUT2D eigenvalue weighted by molar-refractivity contribution is 7.09. The van der Waals surface area contributed by atoms with Crippen LogP contribution in [0.15, 0.2) is 71.6 Å². The minimum absolute atomic E-state index is 0.118. The summed E-state index contributed by atoms with van der Waals surface area (Å²) in [5.41, 5.74) is 2.38. The number of Topliss-reactive ketones (excluding diaryl/α,β-unsaturated/α-hetero) is 1. The monoisotopic (exact) mass is 475 g/mol. The van der Waals surface area contributed by atoms with Crippen LogP contribution < -0.4 is 4.74 Å². The number of nitrogens with zero attached hydrogens (tertiary/aromatic N) is 1. The number of thiophene rings is 1. The third kappa shape index (κ3) is 4.92. The van der Waals surface area contributed by atoms with E-state index in [1.54, 1.807) is 29.2 Å². The Bertz CT molecular complexity index is 1180. The van der Waals surface area contributed by atoms with E-state index in [4.69, 9.17) is 4.74 Å². The van der Waals surface area contributed by atoms with Crippen LogP contribution in [0.2, 0.25) is 0 Å². The fourth-order valence-electron chi connectivity index (χ4n) is 4.24. The molecule has 34 heavy (non-hydrogen) atoms. The van der Waals surface area contributed by atoms with Gasteiger partial charge in [-0.3, -0.25) is 9.59 Å². The molecule has 0 saturated carbocycles. The molecule has 2 heterocycles. The minimum Gasteiger partial charge on any atom is -0.507 e. The standard InChI is InChI=1S/C28H29NO4S/c1-3-4-7-16-33-21-14-12-20(13-15-21)26(30)24-25(23-11-6-5-9-19(23)2)29(28(32)27(24)31)18-22-10-8-17-34-22/h5-6,8-15,17,25,30H,3-4,7,16,18H2,1-2H3/b26-24-. The van der Waals surface area contributed by atoms with Gasteiger partial charge in [0, 0.05) is 10.4 Å². The lowest BCUT2D eigenvalue weighted by Crippen LogP contribution is -2.29. The highest BCUT2D eigenvalue weighted by Gasteiger charge is 2.46. The lowest BCUT2D eigenvalue weighted by molar-refractivity contribution is -0.140. The number of unbranched alkanes of at least 4 members (excludes halogenated alkanes) is 2. The number of hydrogen-bond acceptors (Lipinski definition) is 5. The number of aliphatic hydroxyl groups is 1. The second-order valence-corrected chi connectivity index (χ2v) is 9.48. The van der Waals surface area contributed by atoms with E-state index >= 15 is 0 Å². The second-order valence-electron chi connectivity index (χ2n) is 8.44. The zero-order valence-electron chi connectivity index (χ0n) is 19.5. The fraction of sp³-hybridized carbons (Fsp3) is 0.286. The number of amides is 1. The van der Waals surface area contributed by atoms with E-state index in [1.165, 1.54) is 11.3 Å². The van der Waals surface area contributed by atoms with Crippen molar-refractivity contribution < 1.29 is 19.4 Å². The lowest BCUT2D eigenvalue weighted by atomic mass is 9.92. The van der Waals surface area contributed by atoms with Gasteiger partial charge >= 0.3 is 0 Å². The number of hydrogen-bond donors (Lipinski definition) is 1. The molecule has 1 saturated heterocycles. The van der Waals surface area contributed by atoms with Crippen molar-refractivity contribution in [2.24, 2.45) is 0 Å².